The summed E-state index contributed by atoms with van der Waals surface area (Å²) >= 11 is 3.53. The normalized spacial score (nSPS) is 15.4. The van der Waals surface area contributed by atoms with E-state index < -0.39 is 0 Å². The van der Waals surface area contributed by atoms with Gasteiger partial charge in [0.1, 0.15) is 0 Å². The van der Waals surface area contributed by atoms with Crippen molar-refractivity contribution in [3.8, 4) is 0 Å². The van der Waals surface area contributed by atoms with Gasteiger partial charge in [-0.25, -0.2) is 0 Å². The molecule has 0 fully saturated rings. The average molecular weight is 298 g/mol. The van der Waals surface area contributed by atoms with Crippen LogP contribution in [0.15, 0.2) is 22.7 Å². The van der Waals surface area contributed by atoms with Crippen molar-refractivity contribution < 1.29 is 0 Å². The smallest absolute Gasteiger partial charge is 0.0613 e. The minimum absolute atomic E-state index is 0.100. The summed E-state index contributed by atoms with van der Waals surface area (Å²) in [6, 6.07) is 6.37. The Morgan fingerprint density at radius 2 is 2.24 bits per heavy atom. The molecule has 0 aromatic heterocycles. The van der Waals surface area contributed by atoms with Gasteiger partial charge in [-0.1, -0.05) is 15.9 Å². The van der Waals surface area contributed by atoms with Gasteiger partial charge in [0, 0.05) is 29.6 Å². The number of nitrogens with one attached hydrogen (secondary N) is 1. The van der Waals surface area contributed by atoms with E-state index in [1.54, 1.807) is 0 Å². The highest BCUT2D eigenvalue weighted by atomic mass is 79.9. The Balaban J connectivity index is 2.14. The van der Waals surface area contributed by atoms with Crippen LogP contribution in [0.3, 0.4) is 0 Å². The zero-order chi connectivity index (χ0) is 12.5. The van der Waals surface area contributed by atoms with Gasteiger partial charge in [0.25, 0.3) is 0 Å². The lowest BCUT2D eigenvalue weighted by atomic mass is 10.0. The summed E-state index contributed by atoms with van der Waals surface area (Å²) in [4.78, 5) is 2.41. The zero-order valence-corrected chi connectivity index (χ0v) is 12.0. The molecule has 0 unspecified atom stereocenters. The second-order valence-electron chi connectivity index (χ2n) is 5.31. The van der Waals surface area contributed by atoms with Gasteiger partial charge in [0.2, 0.25) is 0 Å². The van der Waals surface area contributed by atoms with Crippen molar-refractivity contribution in [1.82, 2.24) is 0 Å². The van der Waals surface area contributed by atoms with Crippen molar-refractivity contribution in [1.29, 1.82) is 0 Å². The third-order valence-corrected chi connectivity index (χ3v) is 3.52. The molecule has 0 atom stereocenters. The lowest BCUT2D eigenvalue weighted by Gasteiger charge is -2.34. The molecule has 3 N–H and O–H groups in total. The van der Waals surface area contributed by atoms with E-state index in [0.29, 0.717) is 0 Å². The number of nitrogens with zero attached hydrogens (tertiary/aromatic N) is 1. The first kappa shape index (κ1) is 12.7. The minimum atomic E-state index is -0.100. The number of nitrogens with two attached hydrogens (primary N) is 1. The second kappa shape index (κ2) is 4.86. The summed E-state index contributed by atoms with van der Waals surface area (Å²) in [5.41, 5.74) is 8.44. The number of hydrogen-bond acceptors (Lipinski definition) is 3. The fourth-order valence-electron chi connectivity index (χ4n) is 2.02. The zero-order valence-electron chi connectivity index (χ0n) is 10.5. The predicted octanol–water partition coefficient (Wildman–Crippen LogP) is 2.81. The van der Waals surface area contributed by atoms with Crippen LogP contribution in [-0.4, -0.2) is 25.2 Å². The fraction of sp³-hybridized carbons (Fsp3) is 0.538. The maximum Gasteiger partial charge on any atom is 0.0613 e. The van der Waals surface area contributed by atoms with Gasteiger partial charge in [0.15, 0.2) is 0 Å². The van der Waals surface area contributed by atoms with E-state index in [2.05, 4.69) is 58.2 Å². The van der Waals surface area contributed by atoms with Crippen LogP contribution >= 0.6 is 15.9 Å². The van der Waals surface area contributed by atoms with E-state index in [-0.39, 0.29) is 5.54 Å². The van der Waals surface area contributed by atoms with Crippen molar-refractivity contribution in [3.63, 3.8) is 0 Å². The lowest BCUT2D eigenvalue weighted by Crippen LogP contribution is -2.40. The number of hydrogen-bond donors (Lipinski definition) is 2. The Bertz CT molecular complexity index is 398. The highest BCUT2D eigenvalue weighted by Gasteiger charge is 2.19. The van der Waals surface area contributed by atoms with E-state index in [4.69, 9.17) is 5.73 Å². The Morgan fingerprint density at radius 1 is 1.47 bits per heavy atom. The van der Waals surface area contributed by atoms with E-state index in [0.717, 1.165) is 30.5 Å². The molecule has 1 aromatic rings. The quantitative estimate of drug-likeness (QED) is 0.901. The van der Waals surface area contributed by atoms with Crippen LogP contribution in [-0.2, 0) is 0 Å². The van der Waals surface area contributed by atoms with Gasteiger partial charge >= 0.3 is 0 Å². The first-order valence-electron chi connectivity index (χ1n) is 6.03. The molecule has 3 nitrogen and oxygen atoms in total. The lowest BCUT2D eigenvalue weighted by molar-refractivity contribution is 0.474. The summed E-state index contributed by atoms with van der Waals surface area (Å²) < 4.78 is 1.12. The largest absolute Gasteiger partial charge is 0.382 e. The van der Waals surface area contributed by atoms with Crippen LogP contribution in [0.2, 0.25) is 0 Å². The standard InChI is InChI=1S/C13H20BrN3/c1-13(2,15)5-7-17-8-6-16-11-4-3-10(14)9-12(11)17/h3-4,9,16H,5-8,15H2,1-2H3. The second-order valence-corrected chi connectivity index (χ2v) is 6.23. The summed E-state index contributed by atoms with van der Waals surface area (Å²) in [5, 5.41) is 3.42. The van der Waals surface area contributed by atoms with E-state index in [1.165, 1.54) is 11.4 Å². The monoisotopic (exact) mass is 297 g/mol. The van der Waals surface area contributed by atoms with Crippen LogP contribution in [0.25, 0.3) is 0 Å². The van der Waals surface area contributed by atoms with Gasteiger partial charge in [-0.2, -0.15) is 0 Å². The maximum absolute atomic E-state index is 6.05. The first-order valence-corrected chi connectivity index (χ1v) is 6.82. The Kier molecular flexibility index (Phi) is 3.64. The van der Waals surface area contributed by atoms with Gasteiger partial charge in [0.05, 0.1) is 11.4 Å². The molecule has 0 bridgehead atoms. The average Bonchev–Trinajstić information content (AvgIpc) is 2.25. The molecule has 0 radical (unpaired) electrons. The van der Waals surface area contributed by atoms with Gasteiger partial charge in [-0.15, -0.1) is 0 Å². The Labute approximate surface area is 111 Å². The molecule has 4 heteroatoms. The summed E-state index contributed by atoms with van der Waals surface area (Å²) in [6.07, 6.45) is 0.999. The molecule has 0 aliphatic carbocycles. The molecule has 0 spiro atoms. The highest BCUT2D eigenvalue weighted by molar-refractivity contribution is 9.10. The van der Waals surface area contributed by atoms with Crippen LogP contribution in [0, 0.1) is 0 Å². The number of fused-ring (bicyclic) bond motifs is 1. The van der Waals surface area contributed by atoms with Crippen LogP contribution < -0.4 is 16.0 Å². The van der Waals surface area contributed by atoms with E-state index in [9.17, 15) is 0 Å². The SMILES string of the molecule is CC(C)(N)CCN1CCNc2ccc(Br)cc21. The van der Waals surface area contributed by atoms with Gasteiger partial charge in [-0.05, 0) is 38.5 Å². The summed E-state index contributed by atoms with van der Waals surface area (Å²) in [6.45, 7) is 7.21. The molecule has 0 saturated heterocycles. The van der Waals surface area contributed by atoms with Crippen LogP contribution in [0.4, 0.5) is 11.4 Å². The molecular weight excluding hydrogens is 278 g/mol. The molecule has 2 rings (SSSR count). The van der Waals surface area contributed by atoms with Gasteiger partial charge in [-0.3, -0.25) is 0 Å². The van der Waals surface area contributed by atoms with Crippen LogP contribution in [0.1, 0.15) is 20.3 Å². The summed E-state index contributed by atoms with van der Waals surface area (Å²) in [5.74, 6) is 0. The molecule has 0 saturated carbocycles. The van der Waals surface area contributed by atoms with E-state index in [1.807, 2.05) is 0 Å². The number of halogens is 1. The molecule has 0 amide bonds. The fourth-order valence-corrected chi connectivity index (χ4v) is 2.37. The third kappa shape index (κ3) is 3.36. The van der Waals surface area contributed by atoms with Crippen LogP contribution in [0.5, 0.6) is 0 Å². The van der Waals surface area contributed by atoms with E-state index >= 15 is 0 Å². The number of anilines is 2. The maximum atomic E-state index is 6.05. The Morgan fingerprint density at radius 3 is 2.94 bits per heavy atom. The predicted molar refractivity (Wildman–Crippen MR) is 77.7 cm³/mol. The molecule has 17 heavy (non-hydrogen) atoms. The van der Waals surface area contributed by atoms with Gasteiger partial charge < -0.3 is 16.0 Å². The Hall–Kier alpha value is -0.740. The summed E-state index contributed by atoms with van der Waals surface area (Å²) in [7, 11) is 0. The van der Waals surface area contributed by atoms with Crippen molar-refractivity contribution in [2.45, 2.75) is 25.8 Å². The molecule has 1 aromatic carbocycles. The van der Waals surface area contributed by atoms with Crippen molar-refractivity contribution >= 4 is 27.3 Å². The number of benzene rings is 1. The van der Waals surface area contributed by atoms with Crippen molar-refractivity contribution in [2.75, 3.05) is 29.9 Å². The van der Waals surface area contributed by atoms with Crippen molar-refractivity contribution in [3.05, 3.63) is 22.7 Å². The van der Waals surface area contributed by atoms with Crippen molar-refractivity contribution in [2.24, 2.45) is 5.73 Å². The molecule has 1 aliphatic heterocycles. The molecule has 94 valence electrons. The molecule has 1 aliphatic rings. The number of rotatable bonds is 3. The minimum Gasteiger partial charge on any atom is -0.382 e. The molecule has 1 heterocycles. The topological polar surface area (TPSA) is 41.3 Å². The first-order chi connectivity index (χ1) is 7.96. The molecular formula is C13H20BrN3. The highest BCUT2D eigenvalue weighted by Crippen LogP contribution is 2.32. The third-order valence-electron chi connectivity index (χ3n) is 3.02.